The second kappa shape index (κ2) is 11.4. The minimum atomic E-state index is -0.403. The number of carbonyl (C=O) groups excluding carboxylic acids is 2. The summed E-state index contributed by atoms with van der Waals surface area (Å²) in [5.41, 5.74) is 4.43. The van der Waals surface area contributed by atoms with Crippen molar-refractivity contribution in [2.45, 2.75) is 33.9 Å². The summed E-state index contributed by atoms with van der Waals surface area (Å²) in [4.78, 5) is 27.7. The molecule has 0 bridgehead atoms. The molecule has 0 aromatic heterocycles. The standard InChI is InChI=1S/C27H30FN3O2/c1-4-31(5-2)18-23-9-7-6-8-22(23)17-29-26(32)21-11-10-19(3)25(16-21)30-27(33)20-12-14-24(28)15-13-20/h6-16H,4-5,17-18H2,1-3H3,(H,29,32)(H,30,33). The van der Waals surface area contributed by atoms with Crippen LogP contribution in [0.2, 0.25) is 0 Å². The first-order valence-corrected chi connectivity index (χ1v) is 11.2. The second-order valence-corrected chi connectivity index (χ2v) is 7.90. The molecule has 6 heteroatoms. The predicted molar refractivity (Wildman–Crippen MR) is 130 cm³/mol. The van der Waals surface area contributed by atoms with Gasteiger partial charge in [-0.05, 0) is 73.1 Å². The van der Waals surface area contributed by atoms with Crippen molar-refractivity contribution < 1.29 is 14.0 Å². The van der Waals surface area contributed by atoms with Crippen molar-refractivity contribution in [3.8, 4) is 0 Å². The Labute approximate surface area is 194 Å². The Morgan fingerprint density at radius 1 is 0.848 bits per heavy atom. The molecule has 2 N–H and O–H groups in total. The number of halogens is 1. The summed E-state index contributed by atoms with van der Waals surface area (Å²) < 4.78 is 13.1. The lowest BCUT2D eigenvalue weighted by atomic mass is 10.1. The van der Waals surface area contributed by atoms with E-state index in [1.807, 2.05) is 25.1 Å². The molecule has 0 aliphatic heterocycles. The highest BCUT2D eigenvalue weighted by Crippen LogP contribution is 2.19. The Kier molecular flexibility index (Phi) is 8.33. The van der Waals surface area contributed by atoms with Crippen LogP contribution in [0.15, 0.2) is 66.7 Å². The monoisotopic (exact) mass is 447 g/mol. The van der Waals surface area contributed by atoms with Gasteiger partial charge in [0.1, 0.15) is 5.82 Å². The van der Waals surface area contributed by atoms with Gasteiger partial charge in [0.05, 0.1) is 0 Å². The average molecular weight is 448 g/mol. The molecule has 172 valence electrons. The van der Waals surface area contributed by atoms with Gasteiger partial charge in [-0.25, -0.2) is 4.39 Å². The van der Waals surface area contributed by atoms with Crippen LogP contribution in [0.25, 0.3) is 0 Å². The van der Waals surface area contributed by atoms with Crippen LogP contribution in [0.3, 0.4) is 0 Å². The third kappa shape index (κ3) is 6.49. The normalized spacial score (nSPS) is 10.8. The van der Waals surface area contributed by atoms with Crippen molar-refractivity contribution >= 4 is 17.5 Å². The van der Waals surface area contributed by atoms with E-state index < -0.39 is 5.82 Å². The molecule has 0 spiro atoms. The summed E-state index contributed by atoms with van der Waals surface area (Å²) in [6.45, 7) is 9.31. The van der Waals surface area contributed by atoms with Gasteiger partial charge in [-0.1, -0.05) is 44.2 Å². The molecule has 0 unspecified atom stereocenters. The lowest BCUT2D eigenvalue weighted by Crippen LogP contribution is -2.26. The van der Waals surface area contributed by atoms with E-state index in [1.165, 1.54) is 29.8 Å². The number of rotatable bonds is 9. The number of anilines is 1. The van der Waals surface area contributed by atoms with Gasteiger partial charge in [-0.15, -0.1) is 0 Å². The number of hydrogen-bond donors (Lipinski definition) is 2. The van der Waals surface area contributed by atoms with Crippen molar-refractivity contribution in [2.75, 3.05) is 18.4 Å². The molecule has 3 aromatic carbocycles. The van der Waals surface area contributed by atoms with E-state index in [4.69, 9.17) is 0 Å². The molecule has 0 saturated carbocycles. The third-order valence-electron chi connectivity index (χ3n) is 5.70. The van der Waals surface area contributed by atoms with Crippen LogP contribution >= 0.6 is 0 Å². The average Bonchev–Trinajstić information content (AvgIpc) is 2.83. The molecule has 33 heavy (non-hydrogen) atoms. The highest BCUT2D eigenvalue weighted by Gasteiger charge is 2.13. The fraction of sp³-hybridized carbons (Fsp3) is 0.259. The number of benzene rings is 3. The quantitative estimate of drug-likeness (QED) is 0.476. The zero-order chi connectivity index (χ0) is 23.8. The zero-order valence-corrected chi connectivity index (χ0v) is 19.3. The van der Waals surface area contributed by atoms with E-state index in [0.29, 0.717) is 23.4 Å². The van der Waals surface area contributed by atoms with Gasteiger partial charge in [-0.2, -0.15) is 0 Å². The molecule has 0 aliphatic rings. The molecule has 0 aliphatic carbocycles. The first-order valence-electron chi connectivity index (χ1n) is 11.2. The zero-order valence-electron chi connectivity index (χ0n) is 19.3. The Balaban J connectivity index is 1.69. The van der Waals surface area contributed by atoms with Crippen molar-refractivity contribution in [2.24, 2.45) is 0 Å². The van der Waals surface area contributed by atoms with Crippen molar-refractivity contribution in [3.05, 3.63) is 100 Å². The van der Waals surface area contributed by atoms with Gasteiger partial charge >= 0.3 is 0 Å². The number of aryl methyl sites for hydroxylation is 1. The van der Waals surface area contributed by atoms with Crippen LogP contribution in [0.1, 0.15) is 51.3 Å². The van der Waals surface area contributed by atoms with Crippen molar-refractivity contribution in [1.82, 2.24) is 10.2 Å². The predicted octanol–water partition coefficient (Wildman–Crippen LogP) is 5.16. The third-order valence-corrected chi connectivity index (χ3v) is 5.70. The van der Waals surface area contributed by atoms with Crippen LogP contribution in [-0.4, -0.2) is 29.8 Å². The maximum Gasteiger partial charge on any atom is 0.255 e. The number of hydrogen-bond acceptors (Lipinski definition) is 3. The summed E-state index contributed by atoms with van der Waals surface area (Å²) in [5.74, 6) is -0.981. The molecular formula is C27H30FN3O2. The molecule has 0 saturated heterocycles. The smallest absolute Gasteiger partial charge is 0.255 e. The molecule has 5 nitrogen and oxygen atoms in total. The van der Waals surface area contributed by atoms with Crippen molar-refractivity contribution in [1.29, 1.82) is 0 Å². The van der Waals surface area contributed by atoms with Gasteiger partial charge in [-0.3, -0.25) is 14.5 Å². The molecule has 3 rings (SSSR count). The minimum Gasteiger partial charge on any atom is -0.348 e. The van der Waals surface area contributed by atoms with E-state index in [-0.39, 0.29) is 11.8 Å². The molecule has 0 atom stereocenters. The molecule has 2 amide bonds. The summed E-state index contributed by atoms with van der Waals surface area (Å²) in [6, 6.07) is 18.6. The van der Waals surface area contributed by atoms with Crippen LogP contribution in [0, 0.1) is 12.7 Å². The largest absolute Gasteiger partial charge is 0.348 e. The summed E-state index contributed by atoms with van der Waals surface area (Å²) in [7, 11) is 0. The van der Waals surface area contributed by atoms with Gasteiger partial charge < -0.3 is 10.6 Å². The fourth-order valence-electron chi connectivity index (χ4n) is 3.54. The SMILES string of the molecule is CCN(CC)Cc1ccccc1CNC(=O)c1ccc(C)c(NC(=O)c2ccc(F)cc2)c1. The molecule has 3 aromatic rings. The van der Waals surface area contributed by atoms with Crippen LogP contribution < -0.4 is 10.6 Å². The molecule has 0 fully saturated rings. The highest BCUT2D eigenvalue weighted by molar-refractivity contribution is 6.05. The Bertz CT molecular complexity index is 1110. The maximum absolute atomic E-state index is 13.1. The Morgan fingerprint density at radius 3 is 2.15 bits per heavy atom. The van der Waals surface area contributed by atoms with Gasteiger partial charge in [0.15, 0.2) is 0 Å². The fourth-order valence-corrected chi connectivity index (χ4v) is 3.54. The topological polar surface area (TPSA) is 61.4 Å². The van der Waals surface area contributed by atoms with Crippen molar-refractivity contribution in [3.63, 3.8) is 0 Å². The van der Waals surface area contributed by atoms with E-state index in [1.54, 1.807) is 18.2 Å². The van der Waals surface area contributed by atoms with Gasteiger partial charge in [0.2, 0.25) is 0 Å². The first-order chi connectivity index (χ1) is 15.9. The van der Waals surface area contributed by atoms with Crippen LogP contribution in [0.5, 0.6) is 0 Å². The molecule has 0 radical (unpaired) electrons. The van der Waals surface area contributed by atoms with E-state index >= 15 is 0 Å². The maximum atomic E-state index is 13.1. The number of carbonyl (C=O) groups is 2. The number of nitrogens with one attached hydrogen (secondary N) is 2. The van der Waals surface area contributed by atoms with Gasteiger partial charge in [0, 0.05) is 29.9 Å². The number of nitrogens with zero attached hydrogens (tertiary/aromatic N) is 1. The highest BCUT2D eigenvalue weighted by atomic mass is 19.1. The van der Waals surface area contributed by atoms with E-state index in [9.17, 15) is 14.0 Å². The minimum absolute atomic E-state index is 0.218. The lowest BCUT2D eigenvalue weighted by Gasteiger charge is -2.20. The molecule has 0 heterocycles. The van der Waals surface area contributed by atoms with E-state index in [2.05, 4.69) is 35.4 Å². The summed E-state index contributed by atoms with van der Waals surface area (Å²) in [5, 5.41) is 5.80. The van der Waals surface area contributed by atoms with Crippen LogP contribution in [0.4, 0.5) is 10.1 Å². The second-order valence-electron chi connectivity index (χ2n) is 7.90. The van der Waals surface area contributed by atoms with Gasteiger partial charge in [0.25, 0.3) is 11.8 Å². The Morgan fingerprint density at radius 2 is 1.48 bits per heavy atom. The molecular weight excluding hydrogens is 417 g/mol. The Hall–Kier alpha value is -3.51. The lowest BCUT2D eigenvalue weighted by molar-refractivity contribution is 0.0949. The first kappa shape index (κ1) is 24.1. The summed E-state index contributed by atoms with van der Waals surface area (Å²) in [6.07, 6.45) is 0. The van der Waals surface area contributed by atoms with Crippen LogP contribution in [-0.2, 0) is 13.1 Å². The summed E-state index contributed by atoms with van der Waals surface area (Å²) >= 11 is 0. The number of amides is 2. The van der Waals surface area contributed by atoms with E-state index in [0.717, 1.165) is 30.8 Å².